The number of nitrogens with one attached hydrogen (secondary N) is 1. The molecule has 22 heavy (non-hydrogen) atoms. The lowest BCUT2D eigenvalue weighted by atomic mass is 10.1. The molecule has 0 spiro atoms. The quantitative estimate of drug-likeness (QED) is 0.778. The first-order chi connectivity index (χ1) is 10.7. The number of anilines is 1. The lowest BCUT2D eigenvalue weighted by Crippen LogP contribution is -2.44. The highest BCUT2D eigenvalue weighted by molar-refractivity contribution is 5.92. The van der Waals surface area contributed by atoms with E-state index in [1.807, 2.05) is 24.0 Å². The first-order valence-electron chi connectivity index (χ1n) is 7.41. The Bertz CT molecular complexity index is 794. The molecule has 1 saturated heterocycles. The third-order valence-electron chi connectivity index (χ3n) is 4.14. The second-order valence-corrected chi connectivity index (χ2v) is 5.62. The number of pyridine rings is 1. The number of aryl methyl sites for hydroxylation is 1. The van der Waals surface area contributed by atoms with Gasteiger partial charge in [-0.2, -0.15) is 10.2 Å². The number of ether oxygens (including phenoxy) is 1. The fraction of sp³-hybridized carbons (Fsp3) is 0.400. The van der Waals surface area contributed by atoms with Crippen LogP contribution in [0.2, 0.25) is 0 Å². The molecule has 0 amide bonds. The summed E-state index contributed by atoms with van der Waals surface area (Å²) in [5.41, 5.74) is 3.94. The molecule has 0 unspecified atom stereocenters. The van der Waals surface area contributed by atoms with Gasteiger partial charge < -0.3 is 9.64 Å². The number of aromatic nitrogens is 5. The van der Waals surface area contributed by atoms with Crippen LogP contribution in [0.25, 0.3) is 22.3 Å². The molecule has 0 aliphatic carbocycles. The van der Waals surface area contributed by atoms with Crippen LogP contribution < -0.4 is 4.90 Å². The van der Waals surface area contributed by atoms with Crippen LogP contribution in [-0.2, 0) is 11.8 Å². The number of H-pyrrole nitrogens is 1. The van der Waals surface area contributed by atoms with E-state index < -0.39 is 0 Å². The fourth-order valence-electron chi connectivity index (χ4n) is 3.00. The van der Waals surface area contributed by atoms with Crippen molar-refractivity contribution in [1.82, 2.24) is 25.0 Å². The average Bonchev–Trinajstić information content (AvgIpc) is 3.17. The van der Waals surface area contributed by atoms with E-state index in [0.29, 0.717) is 6.04 Å². The number of nitrogens with zero attached hydrogens (tertiary/aromatic N) is 5. The minimum Gasteiger partial charge on any atom is -0.377 e. The van der Waals surface area contributed by atoms with Crippen LogP contribution in [0.4, 0.5) is 5.82 Å². The summed E-state index contributed by atoms with van der Waals surface area (Å²) >= 11 is 0. The monoisotopic (exact) mass is 298 g/mol. The largest absolute Gasteiger partial charge is 0.377 e. The molecule has 0 radical (unpaired) electrons. The topological polar surface area (TPSA) is 71.9 Å². The molecule has 114 valence electrons. The van der Waals surface area contributed by atoms with E-state index in [1.54, 1.807) is 6.20 Å². The van der Waals surface area contributed by atoms with Crippen LogP contribution in [0.3, 0.4) is 0 Å². The smallest absolute Gasteiger partial charge is 0.130 e. The van der Waals surface area contributed by atoms with E-state index in [-0.39, 0.29) is 0 Å². The molecule has 1 aliphatic heterocycles. The summed E-state index contributed by atoms with van der Waals surface area (Å²) in [6, 6.07) is 4.39. The van der Waals surface area contributed by atoms with E-state index in [9.17, 15) is 0 Å². The summed E-state index contributed by atoms with van der Waals surface area (Å²) in [5, 5.41) is 11.5. The van der Waals surface area contributed by atoms with Gasteiger partial charge in [-0.3, -0.25) is 9.78 Å². The summed E-state index contributed by atoms with van der Waals surface area (Å²) in [6.07, 6.45) is 3.57. The van der Waals surface area contributed by atoms with Crippen molar-refractivity contribution < 1.29 is 4.74 Å². The molecule has 0 aromatic carbocycles. The number of aromatic amines is 1. The first kappa shape index (κ1) is 13.3. The molecule has 4 rings (SSSR count). The fourth-order valence-corrected chi connectivity index (χ4v) is 3.00. The SMILES string of the molecule is C[C@@H]1COCCN1c1cc(-c2ccn[nH]2)c2c(cnn2C)n1. The highest BCUT2D eigenvalue weighted by atomic mass is 16.5. The third kappa shape index (κ3) is 2.05. The number of rotatable bonds is 2. The maximum absolute atomic E-state index is 5.53. The number of morpholine rings is 1. The Labute approximate surface area is 127 Å². The van der Waals surface area contributed by atoms with E-state index in [0.717, 1.165) is 47.9 Å². The van der Waals surface area contributed by atoms with Gasteiger partial charge in [0.15, 0.2) is 0 Å². The Morgan fingerprint density at radius 1 is 1.41 bits per heavy atom. The van der Waals surface area contributed by atoms with Gasteiger partial charge in [-0.05, 0) is 19.1 Å². The Balaban J connectivity index is 1.90. The zero-order valence-electron chi connectivity index (χ0n) is 12.7. The highest BCUT2D eigenvalue weighted by Crippen LogP contribution is 2.30. The molecule has 1 aliphatic rings. The molecule has 4 heterocycles. The summed E-state index contributed by atoms with van der Waals surface area (Å²) < 4.78 is 7.38. The van der Waals surface area contributed by atoms with Gasteiger partial charge in [-0.15, -0.1) is 0 Å². The van der Waals surface area contributed by atoms with Gasteiger partial charge in [-0.25, -0.2) is 4.98 Å². The zero-order valence-corrected chi connectivity index (χ0v) is 12.7. The molecular weight excluding hydrogens is 280 g/mol. The second kappa shape index (κ2) is 5.10. The molecule has 3 aromatic rings. The Kier molecular flexibility index (Phi) is 3.07. The van der Waals surface area contributed by atoms with Gasteiger partial charge in [0, 0.05) is 25.4 Å². The van der Waals surface area contributed by atoms with Crippen molar-refractivity contribution in [2.75, 3.05) is 24.7 Å². The maximum atomic E-state index is 5.53. The van der Waals surface area contributed by atoms with Gasteiger partial charge in [0.1, 0.15) is 11.3 Å². The van der Waals surface area contributed by atoms with Crippen LogP contribution in [-0.4, -0.2) is 50.8 Å². The molecule has 1 fully saturated rings. The summed E-state index contributed by atoms with van der Waals surface area (Å²) in [7, 11) is 1.93. The van der Waals surface area contributed by atoms with Crippen molar-refractivity contribution >= 4 is 16.9 Å². The van der Waals surface area contributed by atoms with Crippen LogP contribution in [0, 0.1) is 0 Å². The predicted molar refractivity (Wildman–Crippen MR) is 83.7 cm³/mol. The predicted octanol–water partition coefficient (Wildman–Crippen LogP) is 1.58. The molecule has 0 saturated carbocycles. The number of fused-ring (bicyclic) bond motifs is 1. The Hall–Kier alpha value is -2.41. The Morgan fingerprint density at radius 2 is 2.32 bits per heavy atom. The van der Waals surface area contributed by atoms with Crippen molar-refractivity contribution in [2.45, 2.75) is 13.0 Å². The van der Waals surface area contributed by atoms with Crippen molar-refractivity contribution in [2.24, 2.45) is 7.05 Å². The second-order valence-electron chi connectivity index (χ2n) is 5.62. The van der Waals surface area contributed by atoms with Gasteiger partial charge in [0.2, 0.25) is 0 Å². The molecule has 3 aromatic heterocycles. The highest BCUT2D eigenvalue weighted by Gasteiger charge is 2.22. The zero-order chi connectivity index (χ0) is 15.1. The summed E-state index contributed by atoms with van der Waals surface area (Å²) in [6.45, 7) is 4.47. The van der Waals surface area contributed by atoms with Crippen LogP contribution in [0.15, 0.2) is 24.5 Å². The lowest BCUT2D eigenvalue weighted by molar-refractivity contribution is 0.0986. The minimum atomic E-state index is 0.310. The maximum Gasteiger partial charge on any atom is 0.130 e. The van der Waals surface area contributed by atoms with Crippen molar-refractivity contribution in [1.29, 1.82) is 0 Å². The summed E-state index contributed by atoms with van der Waals surface area (Å²) in [4.78, 5) is 7.08. The van der Waals surface area contributed by atoms with E-state index in [4.69, 9.17) is 9.72 Å². The number of hydrogen-bond donors (Lipinski definition) is 1. The third-order valence-corrected chi connectivity index (χ3v) is 4.14. The molecule has 1 atom stereocenters. The van der Waals surface area contributed by atoms with Crippen molar-refractivity contribution in [3.05, 3.63) is 24.5 Å². The molecule has 7 heteroatoms. The summed E-state index contributed by atoms with van der Waals surface area (Å²) in [5.74, 6) is 0.959. The van der Waals surface area contributed by atoms with Gasteiger partial charge in [0.05, 0.1) is 36.7 Å². The molecule has 0 bridgehead atoms. The lowest BCUT2D eigenvalue weighted by Gasteiger charge is -2.34. The Morgan fingerprint density at radius 3 is 3.09 bits per heavy atom. The molecule has 7 nitrogen and oxygen atoms in total. The van der Waals surface area contributed by atoms with E-state index in [1.165, 1.54) is 0 Å². The van der Waals surface area contributed by atoms with E-state index in [2.05, 4.69) is 33.2 Å². The molecule has 1 N–H and O–H groups in total. The van der Waals surface area contributed by atoms with Crippen molar-refractivity contribution in [3.8, 4) is 11.3 Å². The first-order valence-corrected chi connectivity index (χ1v) is 7.41. The van der Waals surface area contributed by atoms with Gasteiger partial charge >= 0.3 is 0 Å². The normalized spacial score (nSPS) is 19.0. The van der Waals surface area contributed by atoms with Crippen LogP contribution >= 0.6 is 0 Å². The standard InChI is InChI=1S/C15H18N6O/c1-10-9-22-6-5-21(10)14-7-11(12-3-4-16-19-12)15-13(18-14)8-17-20(15)2/h3-4,7-8,10H,5-6,9H2,1-2H3,(H,16,19)/t10-/m1/s1. The van der Waals surface area contributed by atoms with Crippen LogP contribution in [0.1, 0.15) is 6.92 Å². The van der Waals surface area contributed by atoms with Gasteiger partial charge in [-0.1, -0.05) is 0 Å². The van der Waals surface area contributed by atoms with E-state index >= 15 is 0 Å². The average molecular weight is 298 g/mol. The van der Waals surface area contributed by atoms with Gasteiger partial charge in [0.25, 0.3) is 0 Å². The number of hydrogen-bond acceptors (Lipinski definition) is 5. The minimum absolute atomic E-state index is 0.310. The van der Waals surface area contributed by atoms with Crippen LogP contribution in [0.5, 0.6) is 0 Å². The molecular formula is C15H18N6O. The van der Waals surface area contributed by atoms with Crippen molar-refractivity contribution in [3.63, 3.8) is 0 Å².